The van der Waals surface area contributed by atoms with Gasteiger partial charge in [-0.3, -0.25) is 4.98 Å². The standard InChI is InChI=1S/C13H14N2O3/c14-13(3-4-13)12(6-17-7-12)8-1-2-9-10(5-8)18-11(16)15-9/h1-2,5H,3-4,6-7,14H2,(H,15,16). The van der Waals surface area contributed by atoms with E-state index in [9.17, 15) is 4.79 Å². The minimum absolute atomic E-state index is 0.100. The van der Waals surface area contributed by atoms with Crippen LogP contribution in [-0.4, -0.2) is 23.7 Å². The third-order valence-electron chi connectivity index (χ3n) is 4.41. The van der Waals surface area contributed by atoms with Crippen molar-refractivity contribution in [3.8, 4) is 0 Å². The van der Waals surface area contributed by atoms with E-state index in [4.69, 9.17) is 14.9 Å². The van der Waals surface area contributed by atoms with Crippen molar-refractivity contribution in [3.05, 3.63) is 34.3 Å². The Morgan fingerprint density at radius 3 is 2.67 bits per heavy atom. The second-order valence-electron chi connectivity index (χ2n) is 5.46. The molecule has 5 nitrogen and oxygen atoms in total. The molecule has 1 saturated carbocycles. The van der Waals surface area contributed by atoms with Gasteiger partial charge < -0.3 is 14.9 Å². The first kappa shape index (κ1) is 10.3. The van der Waals surface area contributed by atoms with E-state index in [1.165, 1.54) is 0 Å². The van der Waals surface area contributed by atoms with Crippen LogP contribution in [0.25, 0.3) is 11.1 Å². The van der Waals surface area contributed by atoms with Crippen LogP contribution in [0.3, 0.4) is 0 Å². The lowest BCUT2D eigenvalue weighted by Crippen LogP contribution is -2.60. The molecule has 2 aromatic rings. The summed E-state index contributed by atoms with van der Waals surface area (Å²) in [5, 5.41) is 0. The third-order valence-corrected chi connectivity index (χ3v) is 4.41. The Kier molecular flexibility index (Phi) is 1.75. The average Bonchev–Trinajstić information content (AvgIpc) is 2.88. The van der Waals surface area contributed by atoms with Gasteiger partial charge in [0.05, 0.1) is 24.1 Å². The van der Waals surface area contributed by atoms with E-state index in [2.05, 4.69) is 4.98 Å². The summed E-state index contributed by atoms with van der Waals surface area (Å²) in [7, 11) is 0. The monoisotopic (exact) mass is 246 g/mol. The van der Waals surface area contributed by atoms with Gasteiger partial charge in [0.2, 0.25) is 0 Å². The molecule has 5 heteroatoms. The number of H-pyrrole nitrogens is 1. The number of nitrogens with two attached hydrogens (primary N) is 1. The minimum Gasteiger partial charge on any atom is -0.408 e. The SMILES string of the molecule is NC1(C2(c3ccc4[nH]c(=O)oc4c3)COC2)CC1. The van der Waals surface area contributed by atoms with Crippen LogP contribution in [0.1, 0.15) is 18.4 Å². The summed E-state index contributed by atoms with van der Waals surface area (Å²) in [5.74, 6) is -0.421. The van der Waals surface area contributed by atoms with E-state index < -0.39 is 5.76 Å². The summed E-state index contributed by atoms with van der Waals surface area (Å²) in [4.78, 5) is 13.8. The molecule has 0 bridgehead atoms. The highest BCUT2D eigenvalue weighted by Gasteiger charge is 2.61. The topological polar surface area (TPSA) is 81.3 Å². The highest BCUT2D eigenvalue weighted by molar-refractivity contribution is 5.73. The van der Waals surface area contributed by atoms with E-state index in [1.807, 2.05) is 18.2 Å². The van der Waals surface area contributed by atoms with Gasteiger partial charge in [0.15, 0.2) is 5.58 Å². The van der Waals surface area contributed by atoms with Gasteiger partial charge in [-0.25, -0.2) is 4.79 Å². The minimum atomic E-state index is -0.421. The molecular formula is C13H14N2O3. The van der Waals surface area contributed by atoms with Crippen LogP contribution in [-0.2, 0) is 10.2 Å². The van der Waals surface area contributed by atoms with Crippen LogP contribution in [0, 0.1) is 0 Å². The normalized spacial score (nSPS) is 23.8. The van der Waals surface area contributed by atoms with Gasteiger partial charge >= 0.3 is 5.76 Å². The summed E-state index contributed by atoms with van der Waals surface area (Å²) in [6, 6.07) is 5.81. The molecule has 94 valence electrons. The molecule has 1 saturated heterocycles. The van der Waals surface area contributed by atoms with Crippen LogP contribution in [0.4, 0.5) is 0 Å². The van der Waals surface area contributed by atoms with Crippen molar-refractivity contribution in [1.29, 1.82) is 0 Å². The van der Waals surface area contributed by atoms with Crippen molar-refractivity contribution < 1.29 is 9.15 Å². The molecule has 1 aliphatic heterocycles. The molecule has 18 heavy (non-hydrogen) atoms. The number of ether oxygens (including phenoxy) is 1. The Morgan fingerprint density at radius 1 is 1.28 bits per heavy atom. The van der Waals surface area contributed by atoms with Crippen molar-refractivity contribution in [1.82, 2.24) is 4.98 Å². The molecule has 0 radical (unpaired) electrons. The number of aromatic amines is 1. The number of oxazole rings is 1. The molecule has 0 spiro atoms. The Hall–Kier alpha value is -1.59. The summed E-state index contributed by atoms with van der Waals surface area (Å²) in [6.45, 7) is 1.31. The van der Waals surface area contributed by atoms with Gasteiger partial charge in [-0.05, 0) is 30.5 Å². The number of hydrogen-bond acceptors (Lipinski definition) is 4. The largest absolute Gasteiger partial charge is 0.417 e. The summed E-state index contributed by atoms with van der Waals surface area (Å²) < 4.78 is 10.5. The van der Waals surface area contributed by atoms with Crippen LogP contribution < -0.4 is 11.5 Å². The molecule has 2 fully saturated rings. The van der Waals surface area contributed by atoms with Gasteiger partial charge in [0.1, 0.15) is 0 Å². The Labute approximate surface area is 103 Å². The first-order chi connectivity index (χ1) is 8.63. The van der Waals surface area contributed by atoms with Crippen LogP contribution in [0.15, 0.2) is 27.4 Å². The predicted molar refractivity (Wildman–Crippen MR) is 65.5 cm³/mol. The van der Waals surface area contributed by atoms with E-state index in [0.717, 1.165) is 23.9 Å². The maximum absolute atomic E-state index is 11.2. The zero-order chi connectivity index (χ0) is 12.4. The van der Waals surface area contributed by atoms with E-state index in [-0.39, 0.29) is 11.0 Å². The predicted octanol–water partition coefficient (Wildman–Crippen LogP) is 0.880. The molecule has 2 aliphatic rings. The fraction of sp³-hybridized carbons (Fsp3) is 0.462. The lowest BCUT2D eigenvalue weighted by atomic mass is 9.70. The maximum Gasteiger partial charge on any atom is 0.417 e. The highest BCUT2D eigenvalue weighted by Crippen LogP contribution is 2.53. The van der Waals surface area contributed by atoms with Crippen molar-refractivity contribution >= 4 is 11.1 Å². The summed E-state index contributed by atoms with van der Waals surface area (Å²) in [6.07, 6.45) is 2.07. The number of hydrogen-bond donors (Lipinski definition) is 2. The highest BCUT2D eigenvalue weighted by atomic mass is 16.5. The molecule has 1 aromatic heterocycles. The molecule has 4 rings (SSSR count). The molecule has 0 amide bonds. The Morgan fingerprint density at radius 2 is 2.06 bits per heavy atom. The van der Waals surface area contributed by atoms with E-state index in [1.54, 1.807) is 0 Å². The lowest BCUT2D eigenvalue weighted by molar-refractivity contribution is -0.0785. The number of rotatable bonds is 2. The zero-order valence-electron chi connectivity index (χ0n) is 9.86. The van der Waals surface area contributed by atoms with Crippen LogP contribution in [0.2, 0.25) is 0 Å². The smallest absolute Gasteiger partial charge is 0.408 e. The first-order valence-corrected chi connectivity index (χ1v) is 6.13. The second-order valence-corrected chi connectivity index (χ2v) is 5.46. The van der Waals surface area contributed by atoms with E-state index >= 15 is 0 Å². The molecule has 0 unspecified atom stereocenters. The Balaban J connectivity index is 1.88. The molecule has 2 heterocycles. The number of aromatic nitrogens is 1. The zero-order valence-corrected chi connectivity index (χ0v) is 9.86. The molecule has 1 aromatic carbocycles. The quantitative estimate of drug-likeness (QED) is 0.824. The second kappa shape index (κ2) is 3.05. The van der Waals surface area contributed by atoms with Crippen molar-refractivity contribution in [2.24, 2.45) is 5.73 Å². The number of benzene rings is 1. The maximum atomic E-state index is 11.2. The fourth-order valence-corrected chi connectivity index (χ4v) is 2.90. The summed E-state index contributed by atoms with van der Waals surface area (Å²) >= 11 is 0. The van der Waals surface area contributed by atoms with Gasteiger partial charge in [-0.15, -0.1) is 0 Å². The van der Waals surface area contributed by atoms with Gasteiger partial charge in [0, 0.05) is 5.54 Å². The van der Waals surface area contributed by atoms with Crippen LogP contribution in [0.5, 0.6) is 0 Å². The molecular weight excluding hydrogens is 232 g/mol. The molecule has 1 aliphatic carbocycles. The Bertz CT molecular complexity index is 677. The van der Waals surface area contributed by atoms with Crippen molar-refractivity contribution in [2.75, 3.05) is 13.2 Å². The average molecular weight is 246 g/mol. The number of nitrogens with one attached hydrogen (secondary N) is 1. The number of fused-ring (bicyclic) bond motifs is 1. The van der Waals surface area contributed by atoms with Gasteiger partial charge in [-0.2, -0.15) is 0 Å². The van der Waals surface area contributed by atoms with Gasteiger partial charge in [-0.1, -0.05) is 6.07 Å². The molecule has 3 N–H and O–H groups in total. The van der Waals surface area contributed by atoms with Gasteiger partial charge in [0.25, 0.3) is 0 Å². The third kappa shape index (κ3) is 1.15. The van der Waals surface area contributed by atoms with E-state index in [0.29, 0.717) is 18.8 Å². The molecule has 0 atom stereocenters. The summed E-state index contributed by atoms with van der Waals surface area (Å²) in [5.41, 5.74) is 8.57. The van der Waals surface area contributed by atoms with Crippen molar-refractivity contribution in [2.45, 2.75) is 23.8 Å². The van der Waals surface area contributed by atoms with Crippen LogP contribution >= 0.6 is 0 Å². The fourth-order valence-electron chi connectivity index (χ4n) is 2.90. The first-order valence-electron chi connectivity index (χ1n) is 6.13. The lowest BCUT2D eigenvalue weighted by Gasteiger charge is -2.46. The van der Waals surface area contributed by atoms with Crippen molar-refractivity contribution in [3.63, 3.8) is 0 Å².